The first kappa shape index (κ1) is 13.9. The number of hydrogen-bond donors (Lipinski definition) is 0. The smallest absolute Gasteiger partial charge is 0.0875 e. The minimum atomic E-state index is 0.785. The summed E-state index contributed by atoms with van der Waals surface area (Å²) in [5.41, 5.74) is 3.95. The SMILES string of the molecule is Cc1ccc(N=NN(C)N=Nc2ccc(C)cc2)cc1. The van der Waals surface area contributed by atoms with Crippen molar-refractivity contribution in [2.24, 2.45) is 20.7 Å². The summed E-state index contributed by atoms with van der Waals surface area (Å²) >= 11 is 0. The van der Waals surface area contributed by atoms with E-state index in [0.717, 1.165) is 11.4 Å². The van der Waals surface area contributed by atoms with Crippen LogP contribution in [0.4, 0.5) is 11.4 Å². The summed E-state index contributed by atoms with van der Waals surface area (Å²) in [7, 11) is 1.69. The molecular weight excluding hydrogens is 250 g/mol. The molecule has 0 radical (unpaired) electrons. The molecule has 0 unspecified atom stereocenters. The van der Waals surface area contributed by atoms with Crippen LogP contribution in [0.25, 0.3) is 0 Å². The molecule has 0 N–H and O–H groups in total. The molecule has 102 valence electrons. The van der Waals surface area contributed by atoms with Crippen molar-refractivity contribution in [2.45, 2.75) is 13.8 Å². The first-order valence-corrected chi connectivity index (χ1v) is 6.34. The number of hydrogen-bond acceptors (Lipinski definition) is 4. The van der Waals surface area contributed by atoms with Crippen molar-refractivity contribution in [1.82, 2.24) is 5.12 Å². The Morgan fingerprint density at radius 2 is 1.00 bits per heavy atom. The van der Waals surface area contributed by atoms with Crippen LogP contribution < -0.4 is 0 Å². The summed E-state index contributed by atoms with van der Waals surface area (Å²) in [5, 5.41) is 17.4. The number of rotatable bonds is 4. The lowest BCUT2D eigenvalue weighted by Gasteiger charge is -2.01. The second-order valence-electron chi connectivity index (χ2n) is 4.54. The summed E-state index contributed by atoms with van der Waals surface area (Å²) in [6.07, 6.45) is 0. The first-order chi connectivity index (χ1) is 9.63. The van der Waals surface area contributed by atoms with Crippen molar-refractivity contribution in [3.05, 3.63) is 59.7 Å². The van der Waals surface area contributed by atoms with E-state index < -0.39 is 0 Å². The molecule has 0 bridgehead atoms. The van der Waals surface area contributed by atoms with Gasteiger partial charge in [-0.15, -0.1) is 10.2 Å². The Hall–Kier alpha value is -2.56. The Kier molecular flexibility index (Phi) is 4.55. The molecule has 2 aromatic rings. The molecule has 5 nitrogen and oxygen atoms in total. The molecule has 0 saturated heterocycles. The molecule has 2 rings (SSSR count). The molecule has 0 atom stereocenters. The second-order valence-corrected chi connectivity index (χ2v) is 4.54. The van der Waals surface area contributed by atoms with Gasteiger partial charge in [-0.05, 0) is 48.6 Å². The summed E-state index contributed by atoms with van der Waals surface area (Å²) in [6, 6.07) is 15.6. The zero-order valence-electron chi connectivity index (χ0n) is 11.9. The van der Waals surface area contributed by atoms with E-state index in [2.05, 4.69) is 20.7 Å². The molecule has 0 saturated carbocycles. The maximum Gasteiger partial charge on any atom is 0.0875 e. The highest BCUT2D eigenvalue weighted by Gasteiger charge is 1.92. The van der Waals surface area contributed by atoms with Gasteiger partial charge >= 0.3 is 0 Å². The van der Waals surface area contributed by atoms with Crippen LogP contribution >= 0.6 is 0 Å². The van der Waals surface area contributed by atoms with E-state index >= 15 is 0 Å². The highest BCUT2D eigenvalue weighted by atomic mass is 15.7. The fraction of sp³-hybridized carbons (Fsp3) is 0.200. The molecule has 0 amide bonds. The standard InChI is InChI=1S/C15H17N5/c1-12-4-8-14(9-5-12)16-18-20(3)19-17-15-10-6-13(2)7-11-15/h4-11H,1-3H3. The molecule has 0 aromatic heterocycles. The van der Waals surface area contributed by atoms with Crippen LogP contribution in [0.3, 0.4) is 0 Å². The van der Waals surface area contributed by atoms with Crippen molar-refractivity contribution >= 4 is 11.4 Å². The third-order valence-corrected chi connectivity index (χ3v) is 2.65. The molecule has 5 heteroatoms. The van der Waals surface area contributed by atoms with Crippen molar-refractivity contribution in [3.63, 3.8) is 0 Å². The van der Waals surface area contributed by atoms with Gasteiger partial charge in [-0.2, -0.15) is 5.12 Å². The van der Waals surface area contributed by atoms with E-state index in [1.807, 2.05) is 62.4 Å². The minimum Gasteiger partial charge on any atom is -0.150 e. The summed E-state index contributed by atoms with van der Waals surface area (Å²) < 4.78 is 0. The average Bonchev–Trinajstić information content (AvgIpc) is 2.46. The van der Waals surface area contributed by atoms with Crippen LogP contribution in [0, 0.1) is 13.8 Å². The highest BCUT2D eigenvalue weighted by molar-refractivity contribution is 5.38. The lowest BCUT2D eigenvalue weighted by atomic mass is 10.2. The van der Waals surface area contributed by atoms with Gasteiger partial charge in [-0.25, -0.2) is 0 Å². The minimum absolute atomic E-state index is 0.785. The van der Waals surface area contributed by atoms with E-state index in [-0.39, 0.29) is 0 Å². The Balaban J connectivity index is 1.96. The topological polar surface area (TPSA) is 52.7 Å². The van der Waals surface area contributed by atoms with Crippen molar-refractivity contribution in [2.75, 3.05) is 7.05 Å². The van der Waals surface area contributed by atoms with Gasteiger partial charge in [-0.1, -0.05) is 35.4 Å². The molecular formula is C15H17N5. The molecule has 0 heterocycles. The largest absolute Gasteiger partial charge is 0.150 e. The monoisotopic (exact) mass is 267 g/mol. The Morgan fingerprint density at radius 1 is 0.650 bits per heavy atom. The first-order valence-electron chi connectivity index (χ1n) is 6.34. The van der Waals surface area contributed by atoms with E-state index in [0.29, 0.717) is 0 Å². The molecule has 2 aromatic carbocycles. The number of benzene rings is 2. The van der Waals surface area contributed by atoms with Gasteiger partial charge in [0.05, 0.1) is 18.4 Å². The van der Waals surface area contributed by atoms with E-state index in [1.54, 1.807) is 7.05 Å². The third-order valence-electron chi connectivity index (χ3n) is 2.65. The van der Waals surface area contributed by atoms with Crippen LogP contribution in [0.1, 0.15) is 11.1 Å². The molecule has 0 fully saturated rings. The predicted molar refractivity (Wildman–Crippen MR) is 79.2 cm³/mol. The third kappa shape index (κ3) is 4.28. The van der Waals surface area contributed by atoms with Gasteiger partial charge in [0.2, 0.25) is 0 Å². The second kappa shape index (κ2) is 6.56. The van der Waals surface area contributed by atoms with Gasteiger partial charge in [-0.3, -0.25) is 0 Å². The predicted octanol–water partition coefficient (Wildman–Crippen LogP) is 4.93. The average molecular weight is 267 g/mol. The normalized spacial score (nSPS) is 11.3. The fourth-order valence-corrected chi connectivity index (χ4v) is 1.47. The molecule has 0 aliphatic rings. The molecule has 20 heavy (non-hydrogen) atoms. The van der Waals surface area contributed by atoms with E-state index in [1.165, 1.54) is 16.2 Å². The van der Waals surface area contributed by atoms with Crippen molar-refractivity contribution < 1.29 is 0 Å². The summed E-state index contributed by atoms with van der Waals surface area (Å²) in [6.45, 7) is 4.06. The highest BCUT2D eigenvalue weighted by Crippen LogP contribution is 2.15. The zero-order valence-corrected chi connectivity index (χ0v) is 11.9. The zero-order chi connectivity index (χ0) is 14.4. The maximum absolute atomic E-state index is 4.07. The van der Waals surface area contributed by atoms with Crippen LogP contribution in [-0.4, -0.2) is 12.2 Å². The van der Waals surface area contributed by atoms with Crippen LogP contribution in [-0.2, 0) is 0 Å². The maximum atomic E-state index is 4.07. The molecule has 0 aliphatic carbocycles. The lowest BCUT2D eigenvalue weighted by Crippen LogP contribution is -1.97. The van der Waals surface area contributed by atoms with Crippen LogP contribution in [0.5, 0.6) is 0 Å². The van der Waals surface area contributed by atoms with Gasteiger partial charge in [0, 0.05) is 0 Å². The van der Waals surface area contributed by atoms with E-state index in [4.69, 9.17) is 0 Å². The number of aryl methyl sites for hydroxylation is 2. The van der Waals surface area contributed by atoms with Gasteiger partial charge < -0.3 is 0 Å². The van der Waals surface area contributed by atoms with Crippen molar-refractivity contribution in [1.29, 1.82) is 0 Å². The number of nitrogens with zero attached hydrogens (tertiary/aromatic N) is 5. The quantitative estimate of drug-likeness (QED) is 0.572. The Labute approximate surface area is 118 Å². The Morgan fingerprint density at radius 3 is 1.35 bits per heavy atom. The fourth-order valence-electron chi connectivity index (χ4n) is 1.47. The van der Waals surface area contributed by atoms with E-state index in [9.17, 15) is 0 Å². The molecule has 0 aliphatic heterocycles. The van der Waals surface area contributed by atoms with Gasteiger partial charge in [0.15, 0.2) is 0 Å². The Bertz CT molecular complexity index is 544. The summed E-state index contributed by atoms with van der Waals surface area (Å²) in [5.74, 6) is 0. The van der Waals surface area contributed by atoms with Gasteiger partial charge in [0.25, 0.3) is 0 Å². The summed E-state index contributed by atoms with van der Waals surface area (Å²) in [4.78, 5) is 0. The van der Waals surface area contributed by atoms with Gasteiger partial charge in [0.1, 0.15) is 0 Å². The van der Waals surface area contributed by atoms with Crippen LogP contribution in [0.2, 0.25) is 0 Å². The van der Waals surface area contributed by atoms with Crippen LogP contribution in [0.15, 0.2) is 69.2 Å². The lowest BCUT2D eigenvalue weighted by molar-refractivity contribution is 0.329. The molecule has 0 spiro atoms. The van der Waals surface area contributed by atoms with Crippen molar-refractivity contribution in [3.8, 4) is 0 Å².